The van der Waals surface area contributed by atoms with E-state index in [-0.39, 0.29) is 5.57 Å². The highest BCUT2D eigenvalue weighted by molar-refractivity contribution is 6.17. The third kappa shape index (κ3) is 3.01. The van der Waals surface area contributed by atoms with Crippen LogP contribution < -0.4 is 11.1 Å². The average molecular weight is 168 g/mol. The van der Waals surface area contributed by atoms with Crippen molar-refractivity contribution in [3.8, 4) is 0 Å². The van der Waals surface area contributed by atoms with Crippen LogP contribution in [0.15, 0.2) is 23.8 Å². The SMILES string of the molecule is C/C=C\C=C(\C(N)=O)C(=O)NC. The molecular weight excluding hydrogens is 156 g/mol. The quantitative estimate of drug-likeness (QED) is 0.263. The van der Waals surface area contributed by atoms with Crippen molar-refractivity contribution in [2.45, 2.75) is 6.92 Å². The van der Waals surface area contributed by atoms with Gasteiger partial charge < -0.3 is 11.1 Å². The molecule has 0 aromatic carbocycles. The number of carbonyl (C=O) groups is 2. The zero-order valence-corrected chi connectivity index (χ0v) is 7.13. The number of likely N-dealkylation sites (N-methyl/N-ethyl adjacent to an activating group) is 1. The fourth-order valence-electron chi connectivity index (χ4n) is 0.597. The summed E-state index contributed by atoms with van der Waals surface area (Å²) in [5, 5.41) is 2.31. The van der Waals surface area contributed by atoms with Crippen molar-refractivity contribution in [2.24, 2.45) is 5.73 Å². The van der Waals surface area contributed by atoms with Gasteiger partial charge in [-0.25, -0.2) is 0 Å². The number of amides is 2. The molecule has 12 heavy (non-hydrogen) atoms. The highest BCUT2D eigenvalue weighted by atomic mass is 16.2. The molecule has 2 amide bonds. The van der Waals surface area contributed by atoms with E-state index >= 15 is 0 Å². The van der Waals surface area contributed by atoms with Crippen LogP contribution in [0.3, 0.4) is 0 Å². The Labute approximate surface area is 71.1 Å². The molecule has 0 fully saturated rings. The number of nitrogens with one attached hydrogen (secondary N) is 1. The molecule has 0 aromatic rings. The highest BCUT2D eigenvalue weighted by Gasteiger charge is 2.11. The van der Waals surface area contributed by atoms with E-state index in [0.29, 0.717) is 0 Å². The van der Waals surface area contributed by atoms with Gasteiger partial charge in [0.15, 0.2) is 0 Å². The van der Waals surface area contributed by atoms with Gasteiger partial charge in [-0.1, -0.05) is 12.2 Å². The van der Waals surface area contributed by atoms with Crippen LogP contribution in [0.25, 0.3) is 0 Å². The maximum Gasteiger partial charge on any atom is 0.256 e. The predicted octanol–water partition coefficient (Wildman–Crippen LogP) is -0.280. The number of primary amides is 1. The van der Waals surface area contributed by atoms with Crippen LogP contribution in [0.1, 0.15) is 6.92 Å². The van der Waals surface area contributed by atoms with Crippen molar-refractivity contribution in [3.05, 3.63) is 23.8 Å². The lowest BCUT2D eigenvalue weighted by Gasteiger charge is -1.98. The topological polar surface area (TPSA) is 72.2 Å². The lowest BCUT2D eigenvalue weighted by Crippen LogP contribution is -2.28. The molecule has 0 saturated heterocycles. The van der Waals surface area contributed by atoms with Crippen LogP contribution in [0.2, 0.25) is 0 Å². The van der Waals surface area contributed by atoms with Crippen LogP contribution in [-0.4, -0.2) is 18.9 Å². The van der Waals surface area contributed by atoms with Crippen molar-refractivity contribution in [1.29, 1.82) is 0 Å². The van der Waals surface area contributed by atoms with E-state index in [2.05, 4.69) is 5.32 Å². The first-order valence-corrected chi connectivity index (χ1v) is 3.48. The molecule has 0 bridgehead atoms. The first kappa shape index (κ1) is 10.4. The Morgan fingerprint density at radius 1 is 1.42 bits per heavy atom. The van der Waals surface area contributed by atoms with Gasteiger partial charge in [0, 0.05) is 7.05 Å². The lowest BCUT2D eigenvalue weighted by atomic mass is 10.2. The average Bonchev–Trinajstić information content (AvgIpc) is 2.04. The van der Waals surface area contributed by atoms with Crippen molar-refractivity contribution >= 4 is 11.8 Å². The van der Waals surface area contributed by atoms with E-state index in [9.17, 15) is 9.59 Å². The molecule has 0 spiro atoms. The van der Waals surface area contributed by atoms with Gasteiger partial charge in [-0.3, -0.25) is 9.59 Å². The van der Waals surface area contributed by atoms with Crippen LogP contribution in [0, 0.1) is 0 Å². The van der Waals surface area contributed by atoms with Gasteiger partial charge in [-0.2, -0.15) is 0 Å². The highest BCUT2D eigenvalue weighted by Crippen LogP contribution is 1.93. The number of nitrogens with two attached hydrogens (primary N) is 1. The molecule has 0 aliphatic rings. The molecule has 0 saturated carbocycles. The number of hydrogen-bond donors (Lipinski definition) is 2. The fourth-order valence-corrected chi connectivity index (χ4v) is 0.597. The first-order valence-electron chi connectivity index (χ1n) is 3.48. The minimum Gasteiger partial charge on any atom is -0.365 e. The number of rotatable bonds is 3. The molecule has 0 aliphatic carbocycles. The Morgan fingerprint density at radius 2 is 2.00 bits per heavy atom. The van der Waals surface area contributed by atoms with E-state index in [1.807, 2.05) is 0 Å². The Kier molecular flexibility index (Phi) is 4.45. The molecule has 0 radical (unpaired) electrons. The smallest absolute Gasteiger partial charge is 0.256 e. The fraction of sp³-hybridized carbons (Fsp3) is 0.250. The van der Waals surface area contributed by atoms with Gasteiger partial charge >= 0.3 is 0 Å². The zero-order chi connectivity index (χ0) is 9.56. The Hall–Kier alpha value is -1.58. The molecule has 0 rings (SSSR count). The largest absolute Gasteiger partial charge is 0.365 e. The number of carbonyl (C=O) groups excluding carboxylic acids is 2. The van der Waals surface area contributed by atoms with Crippen LogP contribution in [0.5, 0.6) is 0 Å². The van der Waals surface area contributed by atoms with Crippen molar-refractivity contribution in [2.75, 3.05) is 7.05 Å². The zero-order valence-electron chi connectivity index (χ0n) is 7.13. The molecule has 4 heteroatoms. The summed E-state index contributed by atoms with van der Waals surface area (Å²) in [6.45, 7) is 1.78. The second-order valence-corrected chi connectivity index (χ2v) is 2.05. The van der Waals surface area contributed by atoms with Gasteiger partial charge in [0.2, 0.25) is 0 Å². The monoisotopic (exact) mass is 168 g/mol. The van der Waals surface area contributed by atoms with Gasteiger partial charge in [0.05, 0.1) is 0 Å². The minimum absolute atomic E-state index is 0.0457. The Bertz CT molecular complexity index is 241. The summed E-state index contributed by atoms with van der Waals surface area (Å²) in [7, 11) is 1.44. The molecule has 0 atom stereocenters. The molecule has 3 N–H and O–H groups in total. The first-order chi connectivity index (χ1) is 5.63. The molecular formula is C8H12N2O2. The third-order valence-corrected chi connectivity index (χ3v) is 1.19. The molecule has 0 unspecified atom stereocenters. The Balaban J connectivity index is 4.66. The number of hydrogen-bond acceptors (Lipinski definition) is 2. The summed E-state index contributed by atoms with van der Waals surface area (Å²) < 4.78 is 0. The molecule has 0 aliphatic heterocycles. The lowest BCUT2D eigenvalue weighted by molar-refractivity contribution is -0.121. The van der Waals surface area contributed by atoms with Crippen molar-refractivity contribution < 1.29 is 9.59 Å². The minimum atomic E-state index is -0.729. The Morgan fingerprint density at radius 3 is 2.33 bits per heavy atom. The second-order valence-electron chi connectivity index (χ2n) is 2.05. The summed E-state index contributed by atoms with van der Waals surface area (Å²) in [4.78, 5) is 21.6. The van der Waals surface area contributed by atoms with Gasteiger partial charge in [0.25, 0.3) is 11.8 Å². The van der Waals surface area contributed by atoms with E-state index in [1.54, 1.807) is 19.1 Å². The van der Waals surface area contributed by atoms with E-state index in [1.165, 1.54) is 13.1 Å². The summed E-state index contributed by atoms with van der Waals surface area (Å²) in [5.74, 6) is -1.20. The standard InChI is InChI=1S/C8H12N2O2/c1-3-4-5-6(7(9)11)8(12)10-2/h3-5H,1-2H3,(H2,9,11)(H,10,12)/b4-3-,6-5-. The van der Waals surface area contributed by atoms with E-state index in [4.69, 9.17) is 5.73 Å². The molecule has 4 nitrogen and oxygen atoms in total. The summed E-state index contributed by atoms with van der Waals surface area (Å²) >= 11 is 0. The van der Waals surface area contributed by atoms with Crippen LogP contribution in [0.4, 0.5) is 0 Å². The summed E-state index contributed by atoms with van der Waals surface area (Å²) in [6.07, 6.45) is 4.66. The molecule has 66 valence electrons. The van der Waals surface area contributed by atoms with Crippen LogP contribution >= 0.6 is 0 Å². The van der Waals surface area contributed by atoms with Gasteiger partial charge in [-0.05, 0) is 13.0 Å². The van der Waals surface area contributed by atoms with Crippen LogP contribution in [-0.2, 0) is 9.59 Å². The van der Waals surface area contributed by atoms with Gasteiger partial charge in [0.1, 0.15) is 5.57 Å². The van der Waals surface area contributed by atoms with E-state index < -0.39 is 11.8 Å². The maximum atomic E-state index is 10.9. The van der Waals surface area contributed by atoms with E-state index in [0.717, 1.165) is 0 Å². The van der Waals surface area contributed by atoms with Crippen molar-refractivity contribution in [3.63, 3.8) is 0 Å². The summed E-state index contributed by atoms with van der Waals surface area (Å²) in [5.41, 5.74) is 4.91. The number of allylic oxidation sites excluding steroid dienone is 3. The maximum absolute atomic E-state index is 10.9. The predicted molar refractivity (Wildman–Crippen MR) is 46.2 cm³/mol. The third-order valence-electron chi connectivity index (χ3n) is 1.19. The second kappa shape index (κ2) is 5.12. The normalized spacial score (nSPS) is 11.7. The summed E-state index contributed by atoms with van der Waals surface area (Å²) in [6, 6.07) is 0. The van der Waals surface area contributed by atoms with Crippen molar-refractivity contribution in [1.82, 2.24) is 5.32 Å². The molecule has 0 aromatic heterocycles. The molecule has 0 heterocycles. The van der Waals surface area contributed by atoms with Gasteiger partial charge in [-0.15, -0.1) is 0 Å².